The quantitative estimate of drug-likeness (QED) is 0.654. The Kier molecular flexibility index (Phi) is 5.63. The van der Waals surface area contributed by atoms with E-state index in [4.69, 9.17) is 4.74 Å². The first-order chi connectivity index (χ1) is 14.8. The summed E-state index contributed by atoms with van der Waals surface area (Å²) in [4.78, 5) is 23.8. The lowest BCUT2D eigenvalue weighted by Crippen LogP contribution is -2.29. The molecule has 3 aromatic rings. The van der Waals surface area contributed by atoms with Crippen molar-refractivity contribution >= 4 is 10.0 Å². The van der Waals surface area contributed by atoms with Gasteiger partial charge in [0.1, 0.15) is 16.5 Å². The predicted molar refractivity (Wildman–Crippen MR) is 117 cm³/mol. The van der Waals surface area contributed by atoms with Crippen LogP contribution in [0.5, 0.6) is 5.75 Å². The van der Waals surface area contributed by atoms with E-state index in [2.05, 4.69) is 15.0 Å². The van der Waals surface area contributed by atoms with E-state index in [0.29, 0.717) is 30.2 Å². The molecule has 162 valence electrons. The molecule has 9 heteroatoms. The zero-order valence-electron chi connectivity index (χ0n) is 17.6. The van der Waals surface area contributed by atoms with Crippen molar-refractivity contribution in [2.75, 3.05) is 20.2 Å². The van der Waals surface area contributed by atoms with Gasteiger partial charge in [-0.25, -0.2) is 13.4 Å². The van der Waals surface area contributed by atoms with Gasteiger partial charge in [-0.2, -0.15) is 4.31 Å². The minimum absolute atomic E-state index is 0.158. The van der Waals surface area contributed by atoms with E-state index in [-0.39, 0.29) is 22.9 Å². The molecule has 1 N–H and O–H groups in total. The summed E-state index contributed by atoms with van der Waals surface area (Å²) in [5.41, 5.74) is 2.90. The van der Waals surface area contributed by atoms with Crippen molar-refractivity contribution in [3.05, 3.63) is 70.0 Å². The molecule has 0 aliphatic carbocycles. The van der Waals surface area contributed by atoms with Gasteiger partial charge >= 0.3 is 0 Å². The van der Waals surface area contributed by atoms with Crippen molar-refractivity contribution in [1.29, 1.82) is 0 Å². The molecule has 31 heavy (non-hydrogen) atoms. The first-order valence-electron chi connectivity index (χ1n) is 9.96. The lowest BCUT2D eigenvalue weighted by Gasteiger charge is -2.19. The van der Waals surface area contributed by atoms with E-state index in [9.17, 15) is 13.2 Å². The predicted octanol–water partition coefficient (Wildman–Crippen LogP) is 2.64. The smallest absolute Gasteiger partial charge is 0.251 e. The van der Waals surface area contributed by atoms with E-state index < -0.39 is 10.0 Å². The molecule has 3 heterocycles. The molecule has 1 aliphatic heterocycles. The van der Waals surface area contributed by atoms with Gasteiger partial charge in [-0.3, -0.25) is 9.78 Å². The third-order valence-electron chi connectivity index (χ3n) is 5.67. The number of nitrogens with one attached hydrogen (secondary N) is 1. The zero-order valence-corrected chi connectivity index (χ0v) is 18.4. The Balaban J connectivity index is 1.64. The maximum Gasteiger partial charge on any atom is 0.251 e. The van der Waals surface area contributed by atoms with Crippen molar-refractivity contribution in [2.24, 2.45) is 0 Å². The average molecular weight is 441 g/mol. The van der Waals surface area contributed by atoms with E-state index in [0.717, 1.165) is 16.7 Å². The van der Waals surface area contributed by atoms with Crippen LogP contribution in [0.1, 0.15) is 29.3 Å². The number of H-pyrrole nitrogens is 1. The number of rotatable bonds is 5. The fourth-order valence-electron chi connectivity index (χ4n) is 3.77. The van der Waals surface area contributed by atoms with Crippen molar-refractivity contribution < 1.29 is 13.2 Å². The molecule has 0 radical (unpaired) electrons. The normalized spacial score (nSPS) is 17.1. The van der Waals surface area contributed by atoms with Gasteiger partial charge in [0.25, 0.3) is 5.56 Å². The number of nitrogens with zero attached hydrogens (tertiary/aromatic N) is 3. The van der Waals surface area contributed by atoms with Crippen LogP contribution in [-0.2, 0) is 10.0 Å². The second-order valence-electron chi connectivity index (χ2n) is 7.69. The van der Waals surface area contributed by atoms with Crippen LogP contribution in [-0.4, -0.2) is 47.9 Å². The molecule has 1 fully saturated rings. The summed E-state index contributed by atoms with van der Waals surface area (Å²) >= 11 is 0. The standard InChI is InChI=1S/C22H24N4O4S/c1-14-10-19(30-3)20(11-15(14)2)31(28,29)26-9-6-17(13-26)22-24-18(12-21(27)25-22)16-4-7-23-8-5-16/h4-5,7-8,10-12,17H,6,9,13H2,1-3H3,(H,24,25,27)/t17-/m1/s1. The molecule has 1 saturated heterocycles. The van der Waals surface area contributed by atoms with Gasteiger partial charge in [0.2, 0.25) is 10.0 Å². The van der Waals surface area contributed by atoms with Gasteiger partial charge in [0.05, 0.1) is 12.8 Å². The Labute approximate surface area is 181 Å². The number of aromatic amines is 1. The van der Waals surface area contributed by atoms with Crippen LogP contribution < -0.4 is 10.3 Å². The number of hydrogen-bond acceptors (Lipinski definition) is 6. The van der Waals surface area contributed by atoms with Gasteiger partial charge in [0.15, 0.2) is 0 Å². The molecule has 1 aliphatic rings. The van der Waals surface area contributed by atoms with E-state index in [1.165, 1.54) is 17.5 Å². The Morgan fingerprint density at radius 3 is 2.55 bits per heavy atom. The summed E-state index contributed by atoms with van der Waals surface area (Å²) in [5, 5.41) is 0. The molecular formula is C22H24N4O4S. The lowest BCUT2D eigenvalue weighted by atomic mass is 10.1. The van der Waals surface area contributed by atoms with Gasteiger partial charge in [-0.1, -0.05) is 0 Å². The average Bonchev–Trinajstić information content (AvgIpc) is 3.27. The van der Waals surface area contributed by atoms with Gasteiger partial charge in [0, 0.05) is 43.0 Å². The Bertz CT molecular complexity index is 1270. The number of aromatic nitrogens is 3. The highest BCUT2D eigenvalue weighted by Gasteiger charge is 2.36. The topological polar surface area (TPSA) is 105 Å². The van der Waals surface area contributed by atoms with Crippen LogP contribution in [0.2, 0.25) is 0 Å². The molecular weight excluding hydrogens is 416 g/mol. The summed E-state index contributed by atoms with van der Waals surface area (Å²) in [6.45, 7) is 4.37. The summed E-state index contributed by atoms with van der Waals surface area (Å²) in [6.07, 6.45) is 3.84. The molecule has 1 atom stereocenters. The van der Waals surface area contributed by atoms with Crippen LogP contribution >= 0.6 is 0 Å². The lowest BCUT2D eigenvalue weighted by molar-refractivity contribution is 0.397. The second kappa shape index (κ2) is 8.24. The maximum absolute atomic E-state index is 13.4. The summed E-state index contributed by atoms with van der Waals surface area (Å²) < 4.78 is 33.5. The monoisotopic (exact) mass is 440 g/mol. The van der Waals surface area contributed by atoms with E-state index >= 15 is 0 Å². The van der Waals surface area contributed by atoms with Crippen LogP contribution in [0.15, 0.2) is 52.4 Å². The van der Waals surface area contributed by atoms with Gasteiger partial charge in [-0.15, -0.1) is 0 Å². The maximum atomic E-state index is 13.4. The van der Waals surface area contributed by atoms with E-state index in [1.54, 1.807) is 36.7 Å². The molecule has 0 unspecified atom stereocenters. The highest BCUT2D eigenvalue weighted by atomic mass is 32.2. The van der Waals surface area contributed by atoms with Crippen molar-refractivity contribution in [3.63, 3.8) is 0 Å². The van der Waals surface area contributed by atoms with Crippen LogP contribution in [0.4, 0.5) is 0 Å². The largest absolute Gasteiger partial charge is 0.495 e. The number of sulfonamides is 1. The zero-order chi connectivity index (χ0) is 22.2. The summed E-state index contributed by atoms with van der Waals surface area (Å²) in [5.74, 6) is 0.614. The Hall–Kier alpha value is -3.04. The Morgan fingerprint density at radius 2 is 1.84 bits per heavy atom. The number of pyridine rings is 1. The van der Waals surface area contributed by atoms with Crippen molar-refractivity contribution in [2.45, 2.75) is 31.1 Å². The molecule has 0 bridgehead atoms. The number of methoxy groups -OCH3 is 1. The third kappa shape index (κ3) is 4.11. The molecule has 4 rings (SSSR count). The highest BCUT2D eigenvalue weighted by molar-refractivity contribution is 7.89. The van der Waals surface area contributed by atoms with Gasteiger partial charge < -0.3 is 9.72 Å². The minimum Gasteiger partial charge on any atom is -0.495 e. The fourth-order valence-corrected chi connectivity index (χ4v) is 5.50. The molecule has 2 aromatic heterocycles. The number of hydrogen-bond donors (Lipinski definition) is 1. The first kappa shape index (κ1) is 21.2. The van der Waals surface area contributed by atoms with Crippen molar-refractivity contribution in [3.8, 4) is 17.0 Å². The van der Waals surface area contributed by atoms with Gasteiger partial charge in [-0.05, 0) is 55.7 Å². The summed E-state index contributed by atoms with van der Waals surface area (Å²) in [6, 6.07) is 8.39. The van der Waals surface area contributed by atoms with Crippen LogP contribution in [0.25, 0.3) is 11.3 Å². The number of ether oxygens (including phenoxy) is 1. The SMILES string of the molecule is COc1cc(C)c(C)cc1S(=O)(=O)N1CC[C@@H](c2nc(-c3ccncc3)cc(=O)[nH]2)C1. The van der Waals surface area contributed by atoms with Crippen molar-refractivity contribution in [1.82, 2.24) is 19.3 Å². The fraction of sp³-hybridized carbons (Fsp3) is 0.318. The molecule has 0 amide bonds. The van der Waals surface area contributed by atoms with Crippen LogP contribution in [0, 0.1) is 13.8 Å². The van der Waals surface area contributed by atoms with E-state index in [1.807, 2.05) is 13.8 Å². The first-order valence-corrected chi connectivity index (χ1v) is 11.4. The summed E-state index contributed by atoms with van der Waals surface area (Å²) in [7, 11) is -2.29. The third-order valence-corrected chi connectivity index (χ3v) is 7.56. The Morgan fingerprint density at radius 1 is 1.13 bits per heavy atom. The molecule has 8 nitrogen and oxygen atoms in total. The molecule has 0 saturated carbocycles. The minimum atomic E-state index is -3.75. The van der Waals surface area contributed by atoms with Crippen LogP contribution in [0.3, 0.4) is 0 Å². The molecule has 0 spiro atoms. The highest BCUT2D eigenvalue weighted by Crippen LogP contribution is 2.34. The number of benzene rings is 1. The number of aryl methyl sites for hydroxylation is 2. The molecule has 1 aromatic carbocycles. The second-order valence-corrected chi connectivity index (χ2v) is 9.59.